The fourth-order valence-corrected chi connectivity index (χ4v) is 2.13. The smallest absolute Gasteiger partial charge is 0.310 e. The second-order valence-corrected chi connectivity index (χ2v) is 5.19. The molecule has 5 heteroatoms. The molecule has 0 aliphatic heterocycles. The van der Waals surface area contributed by atoms with Crippen molar-refractivity contribution < 1.29 is 14.3 Å². The van der Waals surface area contributed by atoms with E-state index in [1.807, 2.05) is 12.1 Å². The minimum atomic E-state index is -0.848. The lowest BCUT2D eigenvalue weighted by Gasteiger charge is -2.10. The van der Waals surface area contributed by atoms with Crippen molar-refractivity contribution in [3.05, 3.63) is 64.4 Å². The van der Waals surface area contributed by atoms with Crippen LogP contribution in [-0.2, 0) is 11.3 Å². The molecular formula is C16H15ClFNO2. The predicted molar refractivity (Wildman–Crippen MR) is 81.2 cm³/mol. The van der Waals surface area contributed by atoms with Crippen LogP contribution in [0.15, 0.2) is 42.5 Å². The van der Waals surface area contributed by atoms with Crippen molar-refractivity contribution in [2.24, 2.45) is 0 Å². The third kappa shape index (κ3) is 3.95. The number of anilines is 1. The van der Waals surface area contributed by atoms with Crippen LogP contribution in [0.5, 0.6) is 0 Å². The van der Waals surface area contributed by atoms with Crippen molar-refractivity contribution >= 4 is 23.3 Å². The van der Waals surface area contributed by atoms with Crippen LogP contribution in [0.3, 0.4) is 0 Å². The Morgan fingerprint density at radius 3 is 2.52 bits per heavy atom. The van der Waals surface area contributed by atoms with Crippen molar-refractivity contribution in [1.29, 1.82) is 0 Å². The summed E-state index contributed by atoms with van der Waals surface area (Å²) in [6, 6.07) is 11.5. The molecule has 2 aromatic rings. The molecule has 1 atom stereocenters. The van der Waals surface area contributed by atoms with Crippen LogP contribution in [0.4, 0.5) is 10.1 Å². The Bertz CT molecular complexity index is 643. The molecule has 0 bridgehead atoms. The minimum absolute atomic E-state index is 0.325. The summed E-state index contributed by atoms with van der Waals surface area (Å²) < 4.78 is 12.9. The number of hydrogen-bond donors (Lipinski definition) is 2. The Kier molecular flexibility index (Phi) is 4.81. The molecule has 2 N–H and O–H groups in total. The molecule has 0 aromatic heterocycles. The van der Waals surface area contributed by atoms with Crippen molar-refractivity contribution in [2.45, 2.75) is 19.4 Å². The van der Waals surface area contributed by atoms with E-state index in [-0.39, 0.29) is 5.82 Å². The van der Waals surface area contributed by atoms with Gasteiger partial charge in [0.15, 0.2) is 0 Å². The molecule has 0 saturated heterocycles. The standard InChI is InChI=1S/C16H15ClFNO2/c1-10(16(20)21)12-4-2-11(3-5-12)9-19-15-7-6-13(18)8-14(15)17/h2-8,10,19H,9H2,1H3,(H,20,21). The molecule has 3 nitrogen and oxygen atoms in total. The van der Waals surface area contributed by atoms with Crippen LogP contribution in [0.25, 0.3) is 0 Å². The zero-order valence-corrected chi connectivity index (χ0v) is 12.2. The van der Waals surface area contributed by atoms with Gasteiger partial charge in [0.1, 0.15) is 5.82 Å². The summed E-state index contributed by atoms with van der Waals surface area (Å²) >= 11 is 5.93. The molecule has 0 heterocycles. The Morgan fingerprint density at radius 1 is 1.29 bits per heavy atom. The van der Waals surface area contributed by atoms with Gasteiger partial charge in [-0.05, 0) is 36.2 Å². The first-order chi connectivity index (χ1) is 9.97. The van der Waals surface area contributed by atoms with Crippen LogP contribution in [-0.4, -0.2) is 11.1 Å². The SMILES string of the molecule is CC(C(=O)O)c1ccc(CNc2ccc(F)cc2Cl)cc1. The Morgan fingerprint density at radius 2 is 1.95 bits per heavy atom. The van der Waals surface area contributed by atoms with E-state index in [0.717, 1.165) is 11.1 Å². The fraction of sp³-hybridized carbons (Fsp3) is 0.188. The van der Waals surface area contributed by atoms with Gasteiger partial charge in [0.05, 0.1) is 16.6 Å². The molecule has 0 fully saturated rings. The van der Waals surface area contributed by atoms with Gasteiger partial charge < -0.3 is 10.4 Å². The quantitative estimate of drug-likeness (QED) is 0.867. The van der Waals surface area contributed by atoms with Gasteiger partial charge in [-0.3, -0.25) is 4.79 Å². The second-order valence-electron chi connectivity index (χ2n) is 4.78. The molecule has 0 radical (unpaired) electrons. The van der Waals surface area contributed by atoms with Gasteiger partial charge in [-0.2, -0.15) is 0 Å². The van der Waals surface area contributed by atoms with Gasteiger partial charge in [0, 0.05) is 6.54 Å². The lowest BCUT2D eigenvalue weighted by Crippen LogP contribution is -2.07. The van der Waals surface area contributed by atoms with Crippen molar-refractivity contribution in [3.63, 3.8) is 0 Å². The summed E-state index contributed by atoms with van der Waals surface area (Å²) in [7, 11) is 0. The molecule has 0 saturated carbocycles. The number of benzene rings is 2. The lowest BCUT2D eigenvalue weighted by molar-refractivity contribution is -0.138. The summed E-state index contributed by atoms with van der Waals surface area (Å²) in [5, 5.41) is 12.4. The summed E-state index contributed by atoms with van der Waals surface area (Å²) in [5.41, 5.74) is 2.39. The van der Waals surface area contributed by atoms with E-state index >= 15 is 0 Å². The largest absolute Gasteiger partial charge is 0.481 e. The Labute approximate surface area is 127 Å². The van der Waals surface area contributed by atoms with E-state index < -0.39 is 11.9 Å². The van der Waals surface area contributed by atoms with Gasteiger partial charge >= 0.3 is 5.97 Å². The average Bonchev–Trinajstić information content (AvgIpc) is 2.46. The van der Waals surface area contributed by atoms with Crippen molar-refractivity contribution in [1.82, 2.24) is 0 Å². The fourth-order valence-electron chi connectivity index (χ4n) is 1.90. The third-order valence-corrected chi connectivity index (χ3v) is 3.58. The van der Waals surface area contributed by atoms with Gasteiger partial charge in [-0.15, -0.1) is 0 Å². The molecular weight excluding hydrogens is 293 g/mol. The summed E-state index contributed by atoms with van der Waals surface area (Å²) in [5.74, 6) is -1.75. The number of hydrogen-bond acceptors (Lipinski definition) is 2. The molecule has 2 rings (SSSR count). The van der Waals surface area contributed by atoms with Crippen LogP contribution in [0.1, 0.15) is 24.0 Å². The highest BCUT2D eigenvalue weighted by Crippen LogP contribution is 2.23. The summed E-state index contributed by atoms with van der Waals surface area (Å²) in [4.78, 5) is 10.9. The van der Waals surface area contributed by atoms with Crippen LogP contribution in [0.2, 0.25) is 5.02 Å². The first kappa shape index (κ1) is 15.3. The molecule has 2 aromatic carbocycles. The topological polar surface area (TPSA) is 49.3 Å². The van der Waals surface area contributed by atoms with Gasteiger partial charge in [0.25, 0.3) is 0 Å². The maximum Gasteiger partial charge on any atom is 0.310 e. The molecule has 0 spiro atoms. The van der Waals surface area contributed by atoms with E-state index in [2.05, 4.69) is 5.32 Å². The van der Waals surface area contributed by atoms with Crippen LogP contribution < -0.4 is 5.32 Å². The normalized spacial score (nSPS) is 12.0. The Hall–Kier alpha value is -2.07. The molecule has 0 aliphatic carbocycles. The molecule has 0 aliphatic rings. The molecule has 21 heavy (non-hydrogen) atoms. The minimum Gasteiger partial charge on any atom is -0.481 e. The summed E-state index contributed by atoms with van der Waals surface area (Å²) in [6.45, 7) is 2.17. The van der Waals surface area contributed by atoms with Crippen LogP contribution in [0, 0.1) is 5.82 Å². The highest BCUT2D eigenvalue weighted by atomic mass is 35.5. The summed E-state index contributed by atoms with van der Waals surface area (Å²) in [6.07, 6.45) is 0. The third-order valence-electron chi connectivity index (χ3n) is 3.26. The van der Waals surface area contributed by atoms with E-state index in [0.29, 0.717) is 17.3 Å². The number of carbonyl (C=O) groups is 1. The number of aliphatic carboxylic acids is 1. The van der Waals surface area contributed by atoms with E-state index in [9.17, 15) is 9.18 Å². The average molecular weight is 308 g/mol. The lowest BCUT2D eigenvalue weighted by atomic mass is 10.00. The Balaban J connectivity index is 2.02. The van der Waals surface area contributed by atoms with Gasteiger partial charge in [-0.1, -0.05) is 35.9 Å². The number of halogens is 2. The molecule has 0 amide bonds. The first-order valence-corrected chi connectivity index (χ1v) is 6.85. The van der Waals surface area contributed by atoms with Crippen molar-refractivity contribution in [2.75, 3.05) is 5.32 Å². The van der Waals surface area contributed by atoms with Gasteiger partial charge in [-0.25, -0.2) is 4.39 Å². The number of carboxylic acid groups (broad SMARTS) is 1. The zero-order chi connectivity index (χ0) is 15.4. The van der Waals surface area contributed by atoms with E-state index in [1.165, 1.54) is 12.1 Å². The second kappa shape index (κ2) is 6.59. The van der Waals surface area contributed by atoms with Crippen molar-refractivity contribution in [3.8, 4) is 0 Å². The van der Waals surface area contributed by atoms with E-state index in [4.69, 9.17) is 16.7 Å². The monoisotopic (exact) mass is 307 g/mol. The highest BCUT2D eigenvalue weighted by Gasteiger charge is 2.12. The maximum atomic E-state index is 12.9. The van der Waals surface area contributed by atoms with Gasteiger partial charge in [0.2, 0.25) is 0 Å². The van der Waals surface area contributed by atoms with E-state index in [1.54, 1.807) is 25.1 Å². The first-order valence-electron chi connectivity index (χ1n) is 6.48. The molecule has 1 unspecified atom stereocenters. The predicted octanol–water partition coefficient (Wildman–Crippen LogP) is 4.28. The number of nitrogens with one attached hydrogen (secondary N) is 1. The maximum absolute atomic E-state index is 12.9. The highest BCUT2D eigenvalue weighted by molar-refractivity contribution is 6.33. The van der Waals surface area contributed by atoms with Crippen LogP contribution >= 0.6 is 11.6 Å². The molecule has 110 valence electrons. The zero-order valence-electron chi connectivity index (χ0n) is 11.4. The number of rotatable bonds is 5. The number of carboxylic acids is 1.